The van der Waals surface area contributed by atoms with E-state index in [2.05, 4.69) is 12.0 Å². The van der Waals surface area contributed by atoms with Gasteiger partial charge in [-0.2, -0.15) is 5.10 Å². The maximum atomic E-state index is 12.6. The SMILES string of the molecule is Cc1nn(C)c(C)c1CC(=O)N1CCC(C)CC1CN. The van der Waals surface area contributed by atoms with Crippen LogP contribution < -0.4 is 5.73 Å². The van der Waals surface area contributed by atoms with Gasteiger partial charge in [0.2, 0.25) is 5.91 Å². The summed E-state index contributed by atoms with van der Waals surface area (Å²) in [6, 6.07) is 0.198. The van der Waals surface area contributed by atoms with E-state index in [1.165, 1.54) is 0 Å². The predicted molar refractivity (Wildman–Crippen MR) is 79.3 cm³/mol. The quantitative estimate of drug-likeness (QED) is 0.902. The Bertz CT molecular complexity index is 494. The number of nitrogens with two attached hydrogens (primary N) is 1. The molecule has 5 heteroatoms. The summed E-state index contributed by atoms with van der Waals surface area (Å²) in [5, 5.41) is 4.38. The summed E-state index contributed by atoms with van der Waals surface area (Å²) in [5.74, 6) is 0.848. The molecule has 1 saturated heterocycles. The lowest BCUT2D eigenvalue weighted by atomic mass is 9.92. The molecule has 2 rings (SSSR count). The van der Waals surface area contributed by atoms with Crippen LogP contribution in [0.25, 0.3) is 0 Å². The normalized spacial score (nSPS) is 23.1. The Balaban J connectivity index is 2.11. The summed E-state index contributed by atoms with van der Waals surface area (Å²) < 4.78 is 1.84. The Kier molecular flexibility index (Phi) is 4.48. The molecule has 0 aliphatic carbocycles. The first-order valence-electron chi connectivity index (χ1n) is 7.42. The van der Waals surface area contributed by atoms with Gasteiger partial charge >= 0.3 is 0 Å². The van der Waals surface area contributed by atoms with Crippen LogP contribution in [0.1, 0.15) is 36.7 Å². The molecule has 1 aromatic heterocycles. The van der Waals surface area contributed by atoms with Crippen molar-refractivity contribution in [2.75, 3.05) is 13.1 Å². The van der Waals surface area contributed by atoms with Crippen LogP contribution >= 0.6 is 0 Å². The van der Waals surface area contributed by atoms with E-state index >= 15 is 0 Å². The molecule has 2 N–H and O–H groups in total. The smallest absolute Gasteiger partial charge is 0.227 e. The van der Waals surface area contributed by atoms with Gasteiger partial charge in [0.25, 0.3) is 0 Å². The van der Waals surface area contributed by atoms with E-state index in [0.29, 0.717) is 18.9 Å². The van der Waals surface area contributed by atoms with Crippen LogP contribution in [0.5, 0.6) is 0 Å². The number of nitrogens with zero attached hydrogens (tertiary/aromatic N) is 3. The Morgan fingerprint density at radius 1 is 1.45 bits per heavy atom. The molecule has 0 radical (unpaired) electrons. The van der Waals surface area contributed by atoms with Crippen LogP contribution in [0.2, 0.25) is 0 Å². The van der Waals surface area contributed by atoms with Gasteiger partial charge in [-0.1, -0.05) is 6.92 Å². The highest BCUT2D eigenvalue weighted by molar-refractivity contribution is 5.79. The number of carbonyl (C=O) groups excluding carboxylic acids is 1. The van der Waals surface area contributed by atoms with Gasteiger partial charge in [-0.05, 0) is 32.6 Å². The first kappa shape index (κ1) is 15.0. The third-order valence-corrected chi connectivity index (χ3v) is 4.56. The fraction of sp³-hybridized carbons (Fsp3) is 0.733. The van der Waals surface area contributed by atoms with Crippen LogP contribution in [-0.4, -0.2) is 39.7 Å². The highest BCUT2D eigenvalue weighted by Crippen LogP contribution is 2.23. The number of carbonyl (C=O) groups is 1. The molecule has 1 aliphatic rings. The second-order valence-corrected chi connectivity index (χ2v) is 6.06. The molecule has 1 aromatic rings. The number of hydrogen-bond acceptors (Lipinski definition) is 3. The molecule has 1 aliphatic heterocycles. The van der Waals surface area contributed by atoms with E-state index in [0.717, 1.165) is 36.3 Å². The fourth-order valence-corrected chi connectivity index (χ4v) is 3.13. The Hall–Kier alpha value is -1.36. The van der Waals surface area contributed by atoms with E-state index in [-0.39, 0.29) is 11.9 Å². The summed E-state index contributed by atoms with van der Waals surface area (Å²) in [5.41, 5.74) is 8.93. The maximum absolute atomic E-state index is 12.6. The zero-order valence-electron chi connectivity index (χ0n) is 13.0. The molecule has 2 atom stereocenters. The molecule has 1 amide bonds. The number of aryl methyl sites for hydroxylation is 2. The number of likely N-dealkylation sites (tertiary alicyclic amines) is 1. The van der Waals surface area contributed by atoms with Gasteiger partial charge in [0.15, 0.2) is 0 Å². The van der Waals surface area contributed by atoms with Crippen LogP contribution in [0.3, 0.4) is 0 Å². The van der Waals surface area contributed by atoms with Crippen LogP contribution in [0.15, 0.2) is 0 Å². The lowest BCUT2D eigenvalue weighted by Gasteiger charge is -2.38. The van der Waals surface area contributed by atoms with Crippen molar-refractivity contribution in [1.29, 1.82) is 0 Å². The summed E-state index contributed by atoms with van der Waals surface area (Å²) in [7, 11) is 1.92. The zero-order valence-corrected chi connectivity index (χ0v) is 13.0. The van der Waals surface area contributed by atoms with Gasteiger partial charge in [-0.3, -0.25) is 9.48 Å². The van der Waals surface area contributed by atoms with E-state index in [1.807, 2.05) is 30.5 Å². The Morgan fingerprint density at radius 3 is 2.70 bits per heavy atom. The lowest BCUT2D eigenvalue weighted by Crippen LogP contribution is -2.49. The third kappa shape index (κ3) is 2.87. The average Bonchev–Trinajstić information content (AvgIpc) is 2.65. The number of aromatic nitrogens is 2. The van der Waals surface area contributed by atoms with Gasteiger partial charge < -0.3 is 10.6 Å². The number of hydrogen-bond donors (Lipinski definition) is 1. The molecule has 5 nitrogen and oxygen atoms in total. The van der Waals surface area contributed by atoms with E-state index in [4.69, 9.17) is 5.73 Å². The minimum atomic E-state index is 0.187. The van der Waals surface area contributed by atoms with Crippen molar-refractivity contribution < 1.29 is 4.79 Å². The molecule has 0 bridgehead atoms. The standard InChI is InChI=1S/C15H26N4O/c1-10-5-6-19(13(7-10)9-16)15(20)8-14-11(2)17-18(4)12(14)3/h10,13H,5-9,16H2,1-4H3. The van der Waals surface area contributed by atoms with E-state index in [9.17, 15) is 4.79 Å². The zero-order chi connectivity index (χ0) is 14.9. The van der Waals surface area contributed by atoms with Crippen molar-refractivity contribution >= 4 is 5.91 Å². The van der Waals surface area contributed by atoms with Crippen molar-refractivity contribution in [2.45, 2.75) is 46.1 Å². The van der Waals surface area contributed by atoms with Gasteiger partial charge in [0.05, 0.1) is 12.1 Å². The third-order valence-electron chi connectivity index (χ3n) is 4.56. The van der Waals surface area contributed by atoms with Crippen LogP contribution in [0, 0.1) is 19.8 Å². The minimum absolute atomic E-state index is 0.187. The van der Waals surface area contributed by atoms with Crippen LogP contribution in [-0.2, 0) is 18.3 Å². The van der Waals surface area contributed by atoms with Crippen molar-refractivity contribution in [1.82, 2.24) is 14.7 Å². The first-order valence-corrected chi connectivity index (χ1v) is 7.42. The Morgan fingerprint density at radius 2 is 2.15 bits per heavy atom. The van der Waals surface area contributed by atoms with Crippen LogP contribution in [0.4, 0.5) is 0 Å². The van der Waals surface area contributed by atoms with Crippen molar-refractivity contribution in [2.24, 2.45) is 18.7 Å². The second-order valence-electron chi connectivity index (χ2n) is 6.06. The van der Waals surface area contributed by atoms with Gasteiger partial charge in [-0.25, -0.2) is 0 Å². The van der Waals surface area contributed by atoms with Gasteiger partial charge in [-0.15, -0.1) is 0 Å². The molecule has 0 spiro atoms. The molecule has 0 saturated carbocycles. The fourth-order valence-electron chi connectivity index (χ4n) is 3.13. The van der Waals surface area contributed by atoms with E-state index in [1.54, 1.807) is 0 Å². The van der Waals surface area contributed by atoms with Crippen molar-refractivity contribution in [3.8, 4) is 0 Å². The van der Waals surface area contributed by atoms with Gasteiger partial charge in [0, 0.05) is 37.4 Å². The maximum Gasteiger partial charge on any atom is 0.227 e. The largest absolute Gasteiger partial charge is 0.338 e. The molecule has 20 heavy (non-hydrogen) atoms. The second kappa shape index (κ2) is 5.95. The average molecular weight is 278 g/mol. The molecule has 1 fully saturated rings. The van der Waals surface area contributed by atoms with Gasteiger partial charge in [0.1, 0.15) is 0 Å². The molecule has 2 heterocycles. The number of amides is 1. The highest BCUT2D eigenvalue weighted by atomic mass is 16.2. The topological polar surface area (TPSA) is 64.2 Å². The molecule has 112 valence electrons. The minimum Gasteiger partial charge on any atom is -0.338 e. The molecule has 2 unspecified atom stereocenters. The molecular weight excluding hydrogens is 252 g/mol. The predicted octanol–water partition coefficient (Wildman–Crippen LogP) is 1.17. The van der Waals surface area contributed by atoms with E-state index < -0.39 is 0 Å². The summed E-state index contributed by atoms with van der Waals surface area (Å²) in [4.78, 5) is 14.6. The summed E-state index contributed by atoms with van der Waals surface area (Å²) in [6.07, 6.45) is 2.54. The highest BCUT2D eigenvalue weighted by Gasteiger charge is 2.29. The molecule has 0 aromatic carbocycles. The molecular formula is C15H26N4O. The monoisotopic (exact) mass is 278 g/mol. The van der Waals surface area contributed by atoms with Crippen molar-refractivity contribution in [3.63, 3.8) is 0 Å². The summed E-state index contributed by atoms with van der Waals surface area (Å²) >= 11 is 0. The first-order chi connectivity index (χ1) is 9.43. The van der Waals surface area contributed by atoms with Crippen molar-refractivity contribution in [3.05, 3.63) is 17.0 Å². The Labute approximate surface area is 121 Å². The number of piperidine rings is 1. The summed E-state index contributed by atoms with van der Waals surface area (Å²) in [6.45, 7) is 7.61. The number of rotatable bonds is 3. The lowest BCUT2D eigenvalue weighted by molar-refractivity contribution is -0.134.